The third-order valence-corrected chi connectivity index (χ3v) is 5.36. The molecule has 0 unspecified atom stereocenters. The van der Waals surface area contributed by atoms with E-state index in [0.29, 0.717) is 17.9 Å². The van der Waals surface area contributed by atoms with Crippen LogP contribution in [0.4, 0.5) is 22.7 Å². The monoisotopic (exact) mass is 390 g/mol. The Labute approximate surface area is 170 Å². The van der Waals surface area contributed by atoms with Gasteiger partial charge in [0.1, 0.15) is 11.4 Å². The van der Waals surface area contributed by atoms with Gasteiger partial charge in [-0.3, -0.25) is 9.59 Å². The van der Waals surface area contributed by atoms with Crippen molar-refractivity contribution < 1.29 is 0 Å². The number of piperazine rings is 1. The van der Waals surface area contributed by atoms with Crippen LogP contribution in [-0.2, 0) is 0 Å². The standard InChI is InChI=1S/C23H26N4O2/c28-22-20(25-13-7-12-24-18-8-3-1-4-9-18)21(23(22)29)27-16-14-26(15-17-27)19-10-5-2-6-11-19/h1-6,8-11,24-25H,7,12-17H2. The Bertz CT molecular complexity index is 989. The van der Waals surface area contributed by atoms with E-state index in [1.165, 1.54) is 5.69 Å². The Morgan fingerprint density at radius 3 is 1.97 bits per heavy atom. The highest BCUT2D eigenvalue weighted by Crippen LogP contribution is 2.23. The van der Waals surface area contributed by atoms with Gasteiger partial charge in [-0.05, 0) is 30.7 Å². The number of para-hydroxylation sites is 2. The van der Waals surface area contributed by atoms with E-state index in [4.69, 9.17) is 0 Å². The van der Waals surface area contributed by atoms with Crippen LogP contribution in [0.1, 0.15) is 6.42 Å². The summed E-state index contributed by atoms with van der Waals surface area (Å²) in [7, 11) is 0. The van der Waals surface area contributed by atoms with Crippen LogP contribution in [0.25, 0.3) is 0 Å². The highest BCUT2D eigenvalue weighted by atomic mass is 16.2. The van der Waals surface area contributed by atoms with Gasteiger partial charge in [0, 0.05) is 50.6 Å². The molecule has 0 spiro atoms. The molecular weight excluding hydrogens is 364 g/mol. The molecule has 3 aromatic rings. The van der Waals surface area contributed by atoms with Crippen molar-refractivity contribution in [2.45, 2.75) is 6.42 Å². The summed E-state index contributed by atoms with van der Waals surface area (Å²) < 4.78 is 0. The normalized spacial score (nSPS) is 14.2. The summed E-state index contributed by atoms with van der Waals surface area (Å²) in [4.78, 5) is 28.6. The lowest BCUT2D eigenvalue weighted by molar-refractivity contribution is 0.650. The first kappa shape index (κ1) is 19.1. The van der Waals surface area contributed by atoms with Gasteiger partial charge in [-0.2, -0.15) is 0 Å². The molecule has 4 rings (SSSR count). The van der Waals surface area contributed by atoms with E-state index in [1.54, 1.807) is 0 Å². The summed E-state index contributed by atoms with van der Waals surface area (Å²) in [5.74, 6) is 0. The van der Waals surface area contributed by atoms with E-state index < -0.39 is 0 Å². The van der Waals surface area contributed by atoms with E-state index in [-0.39, 0.29) is 10.9 Å². The number of hydrogen-bond donors (Lipinski definition) is 2. The predicted octanol–water partition coefficient (Wildman–Crippen LogP) is 2.52. The first-order valence-electron chi connectivity index (χ1n) is 10.1. The number of nitrogens with one attached hydrogen (secondary N) is 2. The van der Waals surface area contributed by atoms with Crippen molar-refractivity contribution in [2.75, 3.05) is 59.7 Å². The molecule has 0 amide bonds. The molecule has 0 atom stereocenters. The molecule has 0 saturated carbocycles. The summed E-state index contributed by atoms with van der Waals surface area (Å²) in [5, 5.41) is 6.54. The smallest absolute Gasteiger partial charge is 0.253 e. The number of anilines is 4. The van der Waals surface area contributed by atoms with Crippen molar-refractivity contribution in [3.05, 3.63) is 81.1 Å². The zero-order chi connectivity index (χ0) is 20.1. The number of rotatable bonds is 8. The molecule has 1 aliphatic rings. The maximum Gasteiger partial charge on any atom is 0.253 e. The van der Waals surface area contributed by atoms with Crippen molar-refractivity contribution in [1.82, 2.24) is 0 Å². The molecule has 6 heteroatoms. The summed E-state index contributed by atoms with van der Waals surface area (Å²) >= 11 is 0. The van der Waals surface area contributed by atoms with Gasteiger partial charge in [-0.15, -0.1) is 0 Å². The van der Waals surface area contributed by atoms with E-state index in [1.807, 2.05) is 53.4 Å². The molecule has 0 aromatic heterocycles. The Morgan fingerprint density at radius 2 is 1.28 bits per heavy atom. The second-order valence-electron chi connectivity index (χ2n) is 7.26. The van der Waals surface area contributed by atoms with Crippen molar-refractivity contribution >= 4 is 22.7 Å². The Balaban J connectivity index is 1.28. The van der Waals surface area contributed by atoms with Crippen LogP contribution in [0.2, 0.25) is 0 Å². The van der Waals surface area contributed by atoms with Crippen LogP contribution < -0.4 is 31.3 Å². The molecule has 0 bridgehead atoms. The van der Waals surface area contributed by atoms with Gasteiger partial charge in [0.05, 0.1) is 0 Å². The highest BCUT2D eigenvalue weighted by molar-refractivity contribution is 5.75. The van der Waals surface area contributed by atoms with Gasteiger partial charge < -0.3 is 20.4 Å². The molecular formula is C23H26N4O2. The molecule has 0 radical (unpaired) electrons. The van der Waals surface area contributed by atoms with Gasteiger partial charge >= 0.3 is 0 Å². The number of benzene rings is 2. The van der Waals surface area contributed by atoms with Crippen LogP contribution in [0, 0.1) is 0 Å². The zero-order valence-corrected chi connectivity index (χ0v) is 16.4. The Kier molecular flexibility index (Phi) is 5.79. The van der Waals surface area contributed by atoms with Crippen molar-refractivity contribution in [3.8, 4) is 0 Å². The Hall–Kier alpha value is -3.28. The lowest BCUT2D eigenvalue weighted by atomic mass is 10.1. The summed E-state index contributed by atoms with van der Waals surface area (Å²) in [6.07, 6.45) is 0.856. The fourth-order valence-corrected chi connectivity index (χ4v) is 3.76. The predicted molar refractivity (Wildman–Crippen MR) is 120 cm³/mol. The quantitative estimate of drug-likeness (QED) is 0.455. The second kappa shape index (κ2) is 8.82. The minimum Gasteiger partial charge on any atom is -0.385 e. The minimum absolute atomic E-state index is 0.358. The van der Waals surface area contributed by atoms with Crippen LogP contribution >= 0.6 is 0 Å². The van der Waals surface area contributed by atoms with Crippen LogP contribution in [0.5, 0.6) is 0 Å². The van der Waals surface area contributed by atoms with E-state index in [9.17, 15) is 9.59 Å². The lowest BCUT2D eigenvalue weighted by Gasteiger charge is -2.38. The van der Waals surface area contributed by atoms with E-state index in [0.717, 1.165) is 44.8 Å². The molecule has 1 saturated heterocycles. The number of nitrogens with zero attached hydrogens (tertiary/aromatic N) is 2. The van der Waals surface area contributed by atoms with Crippen molar-refractivity contribution in [3.63, 3.8) is 0 Å². The summed E-state index contributed by atoms with van der Waals surface area (Å²) in [6.45, 7) is 4.61. The minimum atomic E-state index is -0.387. The van der Waals surface area contributed by atoms with Gasteiger partial charge in [0.15, 0.2) is 0 Å². The van der Waals surface area contributed by atoms with Crippen molar-refractivity contribution in [2.24, 2.45) is 0 Å². The van der Waals surface area contributed by atoms with Crippen LogP contribution in [0.3, 0.4) is 0 Å². The molecule has 0 aliphatic carbocycles. The van der Waals surface area contributed by atoms with Gasteiger partial charge in [0.2, 0.25) is 0 Å². The molecule has 3 aromatic carbocycles. The fourth-order valence-electron chi connectivity index (χ4n) is 3.76. The summed E-state index contributed by atoms with van der Waals surface area (Å²) in [6, 6.07) is 20.3. The van der Waals surface area contributed by atoms with E-state index in [2.05, 4.69) is 27.7 Å². The molecule has 29 heavy (non-hydrogen) atoms. The van der Waals surface area contributed by atoms with Crippen molar-refractivity contribution in [1.29, 1.82) is 0 Å². The number of hydrogen-bond acceptors (Lipinski definition) is 6. The third-order valence-electron chi connectivity index (χ3n) is 5.36. The molecule has 2 N–H and O–H groups in total. The van der Waals surface area contributed by atoms with Crippen LogP contribution in [0.15, 0.2) is 70.3 Å². The molecule has 150 valence electrons. The lowest BCUT2D eigenvalue weighted by Crippen LogP contribution is -2.51. The first-order valence-corrected chi connectivity index (χ1v) is 10.1. The topological polar surface area (TPSA) is 64.7 Å². The molecule has 6 nitrogen and oxygen atoms in total. The largest absolute Gasteiger partial charge is 0.385 e. The van der Waals surface area contributed by atoms with Gasteiger partial charge in [-0.25, -0.2) is 0 Å². The third kappa shape index (κ3) is 4.26. The maximum atomic E-state index is 12.2. The first-order chi connectivity index (χ1) is 14.2. The fraction of sp³-hybridized carbons (Fsp3) is 0.304. The average molecular weight is 390 g/mol. The SMILES string of the molecule is O=c1c(NCCCNc2ccccc2)c(N2CCN(c3ccccc3)CC2)c1=O. The summed E-state index contributed by atoms with van der Waals surface area (Å²) in [5.41, 5.74) is 2.59. The maximum absolute atomic E-state index is 12.2. The van der Waals surface area contributed by atoms with Crippen LogP contribution in [-0.4, -0.2) is 39.3 Å². The van der Waals surface area contributed by atoms with Gasteiger partial charge in [0.25, 0.3) is 10.9 Å². The second-order valence-corrected chi connectivity index (χ2v) is 7.26. The average Bonchev–Trinajstić information content (AvgIpc) is 2.79. The van der Waals surface area contributed by atoms with Gasteiger partial charge in [-0.1, -0.05) is 36.4 Å². The molecule has 1 heterocycles. The molecule has 1 aliphatic heterocycles. The Morgan fingerprint density at radius 1 is 0.690 bits per heavy atom. The highest BCUT2D eigenvalue weighted by Gasteiger charge is 2.28. The zero-order valence-electron chi connectivity index (χ0n) is 16.4. The van der Waals surface area contributed by atoms with E-state index >= 15 is 0 Å². The molecule has 1 fully saturated rings.